The highest BCUT2D eigenvalue weighted by Gasteiger charge is 2.12. The van der Waals surface area contributed by atoms with Gasteiger partial charge in [0.15, 0.2) is 0 Å². The lowest BCUT2D eigenvalue weighted by atomic mass is 10.1. The van der Waals surface area contributed by atoms with Gasteiger partial charge in [-0.15, -0.1) is 11.8 Å². The van der Waals surface area contributed by atoms with Crippen molar-refractivity contribution in [3.8, 4) is 0 Å². The van der Waals surface area contributed by atoms with Gasteiger partial charge in [0.2, 0.25) is 0 Å². The highest BCUT2D eigenvalue weighted by Crippen LogP contribution is 2.18. The van der Waals surface area contributed by atoms with E-state index in [1.54, 1.807) is 0 Å². The van der Waals surface area contributed by atoms with Gasteiger partial charge in [-0.1, -0.05) is 26.8 Å². The Balaban J connectivity index is 2.38. The van der Waals surface area contributed by atoms with Crippen molar-refractivity contribution in [2.45, 2.75) is 38.3 Å². The van der Waals surface area contributed by atoms with Crippen LogP contribution in [0, 0.1) is 5.92 Å². The molecule has 0 bridgehead atoms. The summed E-state index contributed by atoms with van der Waals surface area (Å²) in [4.78, 5) is 4.33. The Morgan fingerprint density at radius 1 is 1.38 bits per heavy atom. The van der Waals surface area contributed by atoms with Gasteiger partial charge >= 0.3 is 0 Å². The first-order chi connectivity index (χ1) is 7.74. The molecule has 16 heavy (non-hydrogen) atoms. The van der Waals surface area contributed by atoms with E-state index >= 15 is 0 Å². The first-order valence-corrected chi connectivity index (χ1v) is 6.99. The molecule has 0 radical (unpaired) electrons. The average molecular weight is 238 g/mol. The number of rotatable bonds is 7. The number of nitrogens with one attached hydrogen (secondary N) is 1. The van der Waals surface area contributed by atoms with Crippen molar-refractivity contribution < 1.29 is 0 Å². The molecular weight excluding hydrogens is 216 g/mol. The maximum atomic E-state index is 4.33. The summed E-state index contributed by atoms with van der Waals surface area (Å²) in [5, 5.41) is 4.71. The normalized spacial score (nSPS) is 13.0. The van der Waals surface area contributed by atoms with Crippen molar-refractivity contribution in [2.75, 3.05) is 12.3 Å². The Morgan fingerprint density at radius 3 is 2.75 bits per heavy atom. The summed E-state index contributed by atoms with van der Waals surface area (Å²) in [7, 11) is 0. The van der Waals surface area contributed by atoms with Gasteiger partial charge in [0, 0.05) is 18.0 Å². The Kier molecular flexibility index (Phi) is 6.50. The van der Waals surface area contributed by atoms with Gasteiger partial charge < -0.3 is 5.32 Å². The fourth-order valence-electron chi connectivity index (χ4n) is 1.42. The smallest absolute Gasteiger partial charge is 0.0960 e. The predicted octanol–water partition coefficient (Wildman–Crippen LogP) is 3.20. The zero-order chi connectivity index (χ0) is 11.8. The van der Waals surface area contributed by atoms with Gasteiger partial charge in [-0.05, 0) is 31.0 Å². The van der Waals surface area contributed by atoms with E-state index in [-0.39, 0.29) is 0 Å². The summed E-state index contributed by atoms with van der Waals surface area (Å²) in [6.07, 6.45) is 3.05. The molecule has 0 amide bonds. The van der Waals surface area contributed by atoms with Crippen LogP contribution in [0.15, 0.2) is 29.4 Å². The second kappa shape index (κ2) is 7.69. The molecule has 90 valence electrons. The molecule has 0 saturated carbocycles. The van der Waals surface area contributed by atoms with E-state index < -0.39 is 0 Å². The molecule has 0 aliphatic rings. The number of thioether (sulfide) groups is 1. The molecule has 3 heteroatoms. The topological polar surface area (TPSA) is 24.9 Å². The van der Waals surface area contributed by atoms with Crippen LogP contribution in [-0.2, 0) is 0 Å². The number of pyridine rings is 1. The number of hydrogen-bond acceptors (Lipinski definition) is 3. The molecule has 1 heterocycles. The third-order valence-corrected chi connectivity index (χ3v) is 3.57. The van der Waals surface area contributed by atoms with Crippen LogP contribution in [0.25, 0.3) is 0 Å². The van der Waals surface area contributed by atoms with E-state index in [9.17, 15) is 0 Å². The minimum absolute atomic E-state index is 0.576. The molecule has 1 unspecified atom stereocenters. The van der Waals surface area contributed by atoms with Crippen LogP contribution in [0.5, 0.6) is 0 Å². The molecule has 2 nitrogen and oxygen atoms in total. The lowest BCUT2D eigenvalue weighted by molar-refractivity contribution is 0.434. The third kappa shape index (κ3) is 4.99. The van der Waals surface area contributed by atoms with Crippen molar-refractivity contribution in [3.05, 3.63) is 24.4 Å². The van der Waals surface area contributed by atoms with E-state index in [1.807, 2.05) is 30.1 Å². The van der Waals surface area contributed by atoms with Gasteiger partial charge in [-0.3, -0.25) is 0 Å². The molecule has 1 aromatic rings. The Labute approximate surface area is 103 Å². The van der Waals surface area contributed by atoms with E-state index in [0.717, 1.165) is 17.3 Å². The SMILES string of the molecule is CCCNC(CSc1ccccn1)C(C)C. The molecule has 0 saturated heterocycles. The maximum absolute atomic E-state index is 4.33. The molecule has 0 aromatic carbocycles. The molecule has 1 N–H and O–H groups in total. The van der Waals surface area contributed by atoms with Crippen molar-refractivity contribution in [2.24, 2.45) is 5.92 Å². The second-order valence-electron chi connectivity index (χ2n) is 4.28. The van der Waals surface area contributed by atoms with Crippen molar-refractivity contribution in [3.63, 3.8) is 0 Å². The molecule has 1 atom stereocenters. The third-order valence-electron chi connectivity index (χ3n) is 2.51. The van der Waals surface area contributed by atoms with Gasteiger partial charge in [0.1, 0.15) is 0 Å². The van der Waals surface area contributed by atoms with Crippen molar-refractivity contribution in [1.29, 1.82) is 0 Å². The Hall–Kier alpha value is -0.540. The van der Waals surface area contributed by atoms with E-state index in [1.165, 1.54) is 6.42 Å². The van der Waals surface area contributed by atoms with Gasteiger partial charge in [0.05, 0.1) is 5.03 Å². The van der Waals surface area contributed by atoms with Gasteiger partial charge in [-0.25, -0.2) is 4.98 Å². The number of nitrogens with zero attached hydrogens (tertiary/aromatic N) is 1. The molecule has 0 aliphatic heterocycles. The summed E-state index contributed by atoms with van der Waals surface area (Å²) in [5.41, 5.74) is 0. The van der Waals surface area contributed by atoms with Crippen LogP contribution in [0.2, 0.25) is 0 Å². The van der Waals surface area contributed by atoms with Gasteiger partial charge in [0.25, 0.3) is 0 Å². The monoisotopic (exact) mass is 238 g/mol. The van der Waals surface area contributed by atoms with Crippen LogP contribution < -0.4 is 5.32 Å². The maximum Gasteiger partial charge on any atom is 0.0960 e. The van der Waals surface area contributed by atoms with Crippen LogP contribution >= 0.6 is 11.8 Å². The van der Waals surface area contributed by atoms with Crippen LogP contribution in [0.4, 0.5) is 0 Å². The molecule has 0 fully saturated rings. The van der Waals surface area contributed by atoms with E-state index in [4.69, 9.17) is 0 Å². The Bertz CT molecular complexity index is 275. The molecule has 1 aromatic heterocycles. The van der Waals surface area contributed by atoms with Crippen molar-refractivity contribution in [1.82, 2.24) is 10.3 Å². The number of hydrogen-bond donors (Lipinski definition) is 1. The van der Waals surface area contributed by atoms with Crippen LogP contribution in [-0.4, -0.2) is 23.3 Å². The summed E-state index contributed by atoms with van der Waals surface area (Å²) >= 11 is 1.83. The highest BCUT2D eigenvalue weighted by molar-refractivity contribution is 7.99. The summed E-state index contributed by atoms with van der Waals surface area (Å²) in [5.74, 6) is 1.76. The largest absolute Gasteiger partial charge is 0.313 e. The predicted molar refractivity (Wildman–Crippen MR) is 71.9 cm³/mol. The van der Waals surface area contributed by atoms with E-state index in [0.29, 0.717) is 12.0 Å². The van der Waals surface area contributed by atoms with E-state index in [2.05, 4.69) is 37.1 Å². The Morgan fingerprint density at radius 2 is 2.19 bits per heavy atom. The van der Waals surface area contributed by atoms with Crippen molar-refractivity contribution >= 4 is 11.8 Å². The second-order valence-corrected chi connectivity index (χ2v) is 5.32. The molecular formula is C13H22N2S. The quantitative estimate of drug-likeness (QED) is 0.738. The minimum Gasteiger partial charge on any atom is -0.313 e. The van der Waals surface area contributed by atoms with Crippen LogP contribution in [0.3, 0.4) is 0 Å². The standard InChI is InChI=1S/C13H22N2S/c1-4-8-14-12(11(2)3)10-16-13-7-5-6-9-15-13/h5-7,9,11-12,14H,4,8,10H2,1-3H3. The lowest BCUT2D eigenvalue weighted by Crippen LogP contribution is -2.36. The first-order valence-electron chi connectivity index (χ1n) is 6.01. The fraction of sp³-hybridized carbons (Fsp3) is 0.615. The minimum atomic E-state index is 0.576. The first kappa shape index (κ1) is 13.5. The zero-order valence-corrected chi connectivity index (χ0v) is 11.3. The average Bonchev–Trinajstić information content (AvgIpc) is 2.30. The molecule has 1 rings (SSSR count). The zero-order valence-electron chi connectivity index (χ0n) is 10.4. The summed E-state index contributed by atoms with van der Waals surface area (Å²) < 4.78 is 0. The highest BCUT2D eigenvalue weighted by atomic mass is 32.2. The summed E-state index contributed by atoms with van der Waals surface area (Å²) in [6.45, 7) is 7.85. The van der Waals surface area contributed by atoms with Crippen LogP contribution in [0.1, 0.15) is 27.2 Å². The van der Waals surface area contributed by atoms with Gasteiger partial charge in [-0.2, -0.15) is 0 Å². The number of aromatic nitrogens is 1. The summed E-state index contributed by atoms with van der Waals surface area (Å²) in [6, 6.07) is 6.65. The lowest BCUT2D eigenvalue weighted by Gasteiger charge is -2.21. The molecule has 0 aliphatic carbocycles. The molecule has 0 spiro atoms. The fourth-order valence-corrected chi connectivity index (χ4v) is 2.59.